The van der Waals surface area contributed by atoms with E-state index in [1.807, 2.05) is 0 Å². The van der Waals surface area contributed by atoms with Crippen molar-refractivity contribution in [3.8, 4) is 0 Å². The van der Waals surface area contributed by atoms with Crippen molar-refractivity contribution in [1.82, 2.24) is 14.8 Å². The molecular formula is C9H16N4O4S. The van der Waals surface area contributed by atoms with Gasteiger partial charge in [0.05, 0.1) is 25.0 Å². The van der Waals surface area contributed by atoms with E-state index in [4.69, 9.17) is 20.3 Å². The number of rotatable bonds is 8. The molecule has 9 heteroatoms. The van der Waals surface area contributed by atoms with E-state index in [2.05, 4.69) is 10.2 Å². The molecule has 3 N–H and O–H groups in total. The summed E-state index contributed by atoms with van der Waals surface area (Å²) < 4.78 is 11.8. The van der Waals surface area contributed by atoms with Crippen LogP contribution in [0.15, 0.2) is 5.16 Å². The minimum Gasteiger partial charge on any atom is -0.481 e. The molecule has 18 heavy (non-hydrogen) atoms. The van der Waals surface area contributed by atoms with Crippen LogP contribution in [-0.2, 0) is 20.8 Å². The first-order valence-electron chi connectivity index (χ1n) is 5.13. The molecule has 1 rings (SSSR count). The third-order valence-electron chi connectivity index (χ3n) is 2.14. The first-order chi connectivity index (χ1) is 8.58. The minimum absolute atomic E-state index is 0.0972. The summed E-state index contributed by atoms with van der Waals surface area (Å²) in [6.45, 7) is 0.808. The molecule has 0 amide bonds. The van der Waals surface area contributed by atoms with Gasteiger partial charge in [0.2, 0.25) is 5.95 Å². The van der Waals surface area contributed by atoms with Crippen LogP contribution in [0.1, 0.15) is 0 Å². The first kappa shape index (κ1) is 14.7. The van der Waals surface area contributed by atoms with Gasteiger partial charge in [-0.1, -0.05) is 11.8 Å². The van der Waals surface area contributed by atoms with Gasteiger partial charge in [-0.25, -0.2) is 0 Å². The SMILES string of the molecule is COCC(Cn1c(N)nnc1SCC(=O)O)OC. The van der Waals surface area contributed by atoms with E-state index in [1.54, 1.807) is 18.8 Å². The van der Waals surface area contributed by atoms with E-state index in [0.717, 1.165) is 11.8 Å². The van der Waals surface area contributed by atoms with Gasteiger partial charge in [0.15, 0.2) is 5.16 Å². The molecular weight excluding hydrogens is 260 g/mol. The number of carbonyl (C=O) groups is 1. The van der Waals surface area contributed by atoms with Crippen LogP contribution in [0.3, 0.4) is 0 Å². The van der Waals surface area contributed by atoms with Crippen molar-refractivity contribution in [2.24, 2.45) is 0 Å². The van der Waals surface area contributed by atoms with Crippen LogP contribution in [0.4, 0.5) is 5.95 Å². The second kappa shape index (κ2) is 7.19. The number of ether oxygens (including phenoxy) is 2. The number of nitrogen functional groups attached to an aromatic ring is 1. The number of thioether (sulfide) groups is 1. The monoisotopic (exact) mass is 276 g/mol. The fourth-order valence-electron chi connectivity index (χ4n) is 1.29. The zero-order valence-electron chi connectivity index (χ0n) is 10.2. The molecule has 1 aromatic rings. The average Bonchev–Trinajstić information content (AvgIpc) is 2.67. The highest BCUT2D eigenvalue weighted by molar-refractivity contribution is 7.99. The van der Waals surface area contributed by atoms with E-state index in [9.17, 15) is 4.79 Å². The summed E-state index contributed by atoms with van der Waals surface area (Å²) in [7, 11) is 3.13. The van der Waals surface area contributed by atoms with Gasteiger partial charge in [-0.2, -0.15) is 0 Å². The molecule has 0 fully saturated rings. The number of methoxy groups -OCH3 is 2. The van der Waals surface area contributed by atoms with Crippen LogP contribution in [-0.4, -0.2) is 58.5 Å². The summed E-state index contributed by atoms with van der Waals surface area (Å²) in [5.41, 5.74) is 5.68. The minimum atomic E-state index is -0.923. The fraction of sp³-hybridized carbons (Fsp3) is 0.667. The maximum absolute atomic E-state index is 10.5. The van der Waals surface area contributed by atoms with Gasteiger partial charge in [-0.15, -0.1) is 10.2 Å². The Labute approximate surface area is 108 Å². The Morgan fingerprint density at radius 1 is 1.56 bits per heavy atom. The smallest absolute Gasteiger partial charge is 0.313 e. The zero-order valence-corrected chi connectivity index (χ0v) is 11.0. The van der Waals surface area contributed by atoms with Gasteiger partial charge in [0.25, 0.3) is 0 Å². The predicted octanol–water partition coefficient (Wildman–Crippen LogP) is -0.302. The van der Waals surface area contributed by atoms with Crippen LogP contribution >= 0.6 is 11.8 Å². The lowest BCUT2D eigenvalue weighted by molar-refractivity contribution is -0.133. The second-order valence-electron chi connectivity index (χ2n) is 3.45. The topological polar surface area (TPSA) is 112 Å². The second-order valence-corrected chi connectivity index (χ2v) is 4.39. The summed E-state index contributed by atoms with van der Waals surface area (Å²) in [5.74, 6) is -0.797. The van der Waals surface area contributed by atoms with E-state index < -0.39 is 5.97 Å². The molecule has 0 saturated heterocycles. The lowest BCUT2D eigenvalue weighted by atomic mass is 10.4. The molecule has 1 unspecified atom stereocenters. The third-order valence-corrected chi connectivity index (χ3v) is 3.09. The summed E-state index contributed by atoms with van der Waals surface area (Å²) >= 11 is 1.06. The lowest BCUT2D eigenvalue weighted by Gasteiger charge is -2.16. The van der Waals surface area contributed by atoms with E-state index in [0.29, 0.717) is 18.3 Å². The zero-order chi connectivity index (χ0) is 13.5. The molecule has 1 heterocycles. The van der Waals surface area contributed by atoms with Crippen LogP contribution in [0.25, 0.3) is 0 Å². The van der Waals surface area contributed by atoms with Crippen molar-refractivity contribution >= 4 is 23.7 Å². The van der Waals surface area contributed by atoms with Crippen molar-refractivity contribution in [1.29, 1.82) is 0 Å². The van der Waals surface area contributed by atoms with Gasteiger partial charge in [-0.05, 0) is 0 Å². The number of aromatic nitrogens is 3. The van der Waals surface area contributed by atoms with Crippen molar-refractivity contribution in [2.75, 3.05) is 32.3 Å². The third kappa shape index (κ3) is 4.17. The Balaban J connectivity index is 2.73. The van der Waals surface area contributed by atoms with E-state index in [-0.39, 0.29) is 17.8 Å². The molecule has 0 saturated carbocycles. The molecule has 0 radical (unpaired) electrons. The summed E-state index contributed by atoms with van der Waals surface area (Å²) in [5, 5.41) is 16.6. The highest BCUT2D eigenvalue weighted by Gasteiger charge is 2.16. The number of carboxylic acids is 1. The molecule has 0 aliphatic heterocycles. The van der Waals surface area contributed by atoms with Crippen LogP contribution in [0.2, 0.25) is 0 Å². The number of hydrogen-bond acceptors (Lipinski definition) is 7. The quantitative estimate of drug-likeness (QED) is 0.622. The van der Waals surface area contributed by atoms with Crippen molar-refractivity contribution in [3.63, 3.8) is 0 Å². The Hall–Kier alpha value is -1.32. The summed E-state index contributed by atoms with van der Waals surface area (Å²) in [4.78, 5) is 10.5. The molecule has 1 atom stereocenters. The van der Waals surface area contributed by atoms with Crippen molar-refractivity contribution < 1.29 is 19.4 Å². The number of hydrogen-bond donors (Lipinski definition) is 2. The Morgan fingerprint density at radius 3 is 2.83 bits per heavy atom. The van der Waals surface area contributed by atoms with E-state index in [1.165, 1.54) is 0 Å². The number of nitrogens with two attached hydrogens (primary N) is 1. The molecule has 0 spiro atoms. The fourth-order valence-corrected chi connectivity index (χ4v) is 1.96. The molecule has 8 nitrogen and oxygen atoms in total. The highest BCUT2D eigenvalue weighted by atomic mass is 32.2. The van der Waals surface area contributed by atoms with Crippen molar-refractivity contribution in [2.45, 2.75) is 17.8 Å². The normalized spacial score (nSPS) is 12.6. The highest BCUT2D eigenvalue weighted by Crippen LogP contribution is 2.18. The Bertz CT molecular complexity index is 398. The van der Waals surface area contributed by atoms with E-state index >= 15 is 0 Å². The number of nitrogens with zero attached hydrogens (tertiary/aromatic N) is 3. The Morgan fingerprint density at radius 2 is 2.28 bits per heavy atom. The van der Waals surface area contributed by atoms with Gasteiger partial charge in [-0.3, -0.25) is 9.36 Å². The maximum atomic E-state index is 10.5. The lowest BCUT2D eigenvalue weighted by Crippen LogP contribution is -2.25. The van der Waals surface area contributed by atoms with Gasteiger partial charge < -0.3 is 20.3 Å². The Kier molecular flexibility index (Phi) is 5.89. The molecule has 0 aliphatic carbocycles. The number of carboxylic acid groups (broad SMARTS) is 1. The molecule has 1 aromatic heterocycles. The van der Waals surface area contributed by atoms with Gasteiger partial charge in [0.1, 0.15) is 0 Å². The van der Waals surface area contributed by atoms with Gasteiger partial charge >= 0.3 is 5.97 Å². The number of aliphatic carboxylic acids is 1. The van der Waals surface area contributed by atoms with Crippen LogP contribution in [0.5, 0.6) is 0 Å². The van der Waals surface area contributed by atoms with Crippen molar-refractivity contribution in [3.05, 3.63) is 0 Å². The van der Waals surface area contributed by atoms with Crippen LogP contribution < -0.4 is 5.73 Å². The standard InChI is InChI=1S/C9H16N4O4S/c1-16-4-6(17-2)3-13-8(10)11-12-9(13)18-5-7(14)15/h6H,3-5H2,1-2H3,(H2,10,11)(H,14,15). The molecule has 0 aliphatic rings. The maximum Gasteiger partial charge on any atom is 0.313 e. The molecule has 102 valence electrons. The molecule has 0 bridgehead atoms. The summed E-state index contributed by atoms with van der Waals surface area (Å²) in [6.07, 6.45) is -0.197. The summed E-state index contributed by atoms with van der Waals surface area (Å²) in [6, 6.07) is 0. The predicted molar refractivity (Wildman–Crippen MR) is 65.5 cm³/mol. The first-order valence-corrected chi connectivity index (χ1v) is 6.12. The largest absolute Gasteiger partial charge is 0.481 e. The molecule has 0 aromatic carbocycles. The van der Waals surface area contributed by atoms with Gasteiger partial charge in [0, 0.05) is 14.2 Å². The average molecular weight is 276 g/mol. The number of anilines is 1. The van der Waals surface area contributed by atoms with Crippen LogP contribution in [0, 0.1) is 0 Å².